The second kappa shape index (κ2) is 5.82. The smallest absolute Gasteiger partial charge is 0.259 e. The maximum absolute atomic E-state index is 11.5. The van der Waals surface area contributed by atoms with E-state index in [1.165, 1.54) is 0 Å². The van der Waals surface area contributed by atoms with Crippen molar-refractivity contribution in [3.05, 3.63) is 65.7 Å². The Morgan fingerprint density at radius 2 is 1.78 bits per heavy atom. The molecule has 0 aliphatic heterocycles. The number of nitriles is 1. The molecule has 0 spiro atoms. The van der Waals surface area contributed by atoms with Gasteiger partial charge in [0.1, 0.15) is 11.6 Å². The molecule has 0 aliphatic carbocycles. The number of benzene rings is 2. The number of aryl methyl sites for hydroxylation is 1. The quantitative estimate of drug-likeness (QED) is 0.596. The van der Waals surface area contributed by atoms with Crippen molar-refractivity contribution in [3.63, 3.8) is 0 Å². The summed E-state index contributed by atoms with van der Waals surface area (Å²) in [6, 6.07) is 19.6. The Kier molecular flexibility index (Phi) is 3.70. The molecule has 0 saturated heterocycles. The van der Waals surface area contributed by atoms with Crippen LogP contribution in [0.3, 0.4) is 0 Å². The van der Waals surface area contributed by atoms with Gasteiger partial charge in [0, 0.05) is 23.5 Å². The highest BCUT2D eigenvalue weighted by Gasteiger charge is 2.16. The van der Waals surface area contributed by atoms with Crippen LogP contribution >= 0.6 is 0 Å². The fraction of sp³-hybridized carbons (Fsp3) is 0.0526. The number of hydrogen-bond acceptors (Lipinski definition) is 2. The number of hydrogen-bond donors (Lipinski definition) is 1. The second-order valence-electron chi connectivity index (χ2n) is 5.24. The van der Waals surface area contributed by atoms with Gasteiger partial charge in [-0.25, -0.2) is 0 Å². The zero-order chi connectivity index (χ0) is 16.4. The van der Waals surface area contributed by atoms with Gasteiger partial charge in [-0.1, -0.05) is 48.5 Å². The third-order valence-electron chi connectivity index (χ3n) is 3.87. The van der Waals surface area contributed by atoms with Gasteiger partial charge in [0.05, 0.1) is 5.69 Å². The molecule has 1 amide bonds. The Balaban J connectivity index is 2.40. The van der Waals surface area contributed by atoms with Crippen molar-refractivity contribution in [1.82, 2.24) is 4.57 Å². The van der Waals surface area contributed by atoms with E-state index in [2.05, 4.69) is 4.57 Å². The lowest BCUT2D eigenvalue weighted by Crippen LogP contribution is -2.12. The van der Waals surface area contributed by atoms with E-state index in [4.69, 9.17) is 5.73 Å². The van der Waals surface area contributed by atoms with Gasteiger partial charge < -0.3 is 10.3 Å². The lowest BCUT2D eigenvalue weighted by molar-refractivity contribution is -0.114. The van der Waals surface area contributed by atoms with Gasteiger partial charge in [-0.15, -0.1) is 0 Å². The van der Waals surface area contributed by atoms with E-state index >= 15 is 0 Å². The van der Waals surface area contributed by atoms with Crippen molar-refractivity contribution in [3.8, 4) is 17.3 Å². The van der Waals surface area contributed by atoms with Crippen LogP contribution in [0.2, 0.25) is 0 Å². The number of carbonyl (C=O) groups excluding carboxylic acids is 1. The summed E-state index contributed by atoms with van der Waals surface area (Å²) < 4.78 is 2.06. The highest BCUT2D eigenvalue weighted by atomic mass is 16.1. The molecule has 2 N–H and O–H groups in total. The van der Waals surface area contributed by atoms with Gasteiger partial charge in [-0.05, 0) is 17.7 Å². The topological polar surface area (TPSA) is 71.8 Å². The average molecular weight is 301 g/mol. The molecule has 4 heteroatoms. The number of para-hydroxylation sites is 1. The van der Waals surface area contributed by atoms with Crippen LogP contribution in [0.5, 0.6) is 0 Å². The van der Waals surface area contributed by atoms with Crippen molar-refractivity contribution >= 4 is 22.9 Å². The predicted molar refractivity (Wildman–Crippen MR) is 91.1 cm³/mol. The normalized spacial score (nSPS) is 11.4. The molecule has 1 heterocycles. The first-order valence-corrected chi connectivity index (χ1v) is 7.18. The summed E-state index contributed by atoms with van der Waals surface area (Å²) in [5.41, 5.74) is 9.05. The SMILES string of the molecule is Cn1c(-c2ccccc2)c(/C=C(\C#N)C(N)=O)c2ccccc21. The molecule has 0 saturated carbocycles. The molecule has 112 valence electrons. The van der Waals surface area contributed by atoms with Crippen molar-refractivity contribution < 1.29 is 4.79 Å². The molecule has 1 aromatic heterocycles. The lowest BCUT2D eigenvalue weighted by atomic mass is 10.0. The van der Waals surface area contributed by atoms with E-state index in [0.717, 1.165) is 27.7 Å². The van der Waals surface area contributed by atoms with Gasteiger partial charge in [0.15, 0.2) is 0 Å². The number of rotatable bonds is 3. The predicted octanol–water partition coefficient (Wildman–Crippen LogP) is 3.24. The third kappa shape index (κ3) is 2.49. The average Bonchev–Trinajstić information content (AvgIpc) is 2.85. The summed E-state index contributed by atoms with van der Waals surface area (Å²) in [7, 11) is 1.97. The van der Waals surface area contributed by atoms with Gasteiger partial charge in [-0.2, -0.15) is 5.26 Å². The molecule has 3 rings (SSSR count). The number of nitrogens with two attached hydrogens (primary N) is 1. The number of carbonyl (C=O) groups is 1. The van der Waals surface area contributed by atoms with Gasteiger partial charge >= 0.3 is 0 Å². The molecule has 2 aromatic carbocycles. The number of amides is 1. The van der Waals surface area contributed by atoms with E-state index in [1.54, 1.807) is 6.08 Å². The minimum Gasteiger partial charge on any atom is -0.365 e. The Morgan fingerprint density at radius 3 is 2.43 bits per heavy atom. The van der Waals surface area contributed by atoms with Crippen molar-refractivity contribution in [2.24, 2.45) is 12.8 Å². The van der Waals surface area contributed by atoms with Gasteiger partial charge in [0.25, 0.3) is 5.91 Å². The van der Waals surface area contributed by atoms with Gasteiger partial charge in [-0.3, -0.25) is 4.79 Å². The zero-order valence-corrected chi connectivity index (χ0v) is 12.7. The van der Waals surface area contributed by atoms with Crippen molar-refractivity contribution in [2.75, 3.05) is 0 Å². The Bertz CT molecular complexity index is 959. The molecular weight excluding hydrogens is 286 g/mol. The van der Waals surface area contributed by atoms with E-state index in [0.29, 0.717) is 0 Å². The monoisotopic (exact) mass is 301 g/mol. The molecule has 0 unspecified atom stereocenters. The maximum Gasteiger partial charge on any atom is 0.259 e. The Morgan fingerprint density at radius 1 is 1.13 bits per heavy atom. The number of nitrogens with zero attached hydrogens (tertiary/aromatic N) is 2. The van der Waals surface area contributed by atoms with Crippen LogP contribution in [-0.4, -0.2) is 10.5 Å². The molecule has 4 nitrogen and oxygen atoms in total. The van der Waals surface area contributed by atoms with Crippen LogP contribution in [0.25, 0.3) is 28.2 Å². The first-order valence-electron chi connectivity index (χ1n) is 7.18. The third-order valence-corrected chi connectivity index (χ3v) is 3.87. The number of aromatic nitrogens is 1. The largest absolute Gasteiger partial charge is 0.365 e. The molecular formula is C19H15N3O. The molecule has 23 heavy (non-hydrogen) atoms. The van der Waals surface area contributed by atoms with E-state index in [-0.39, 0.29) is 5.57 Å². The zero-order valence-electron chi connectivity index (χ0n) is 12.7. The van der Waals surface area contributed by atoms with E-state index in [1.807, 2.05) is 67.7 Å². The van der Waals surface area contributed by atoms with Crippen LogP contribution in [0, 0.1) is 11.3 Å². The van der Waals surface area contributed by atoms with E-state index in [9.17, 15) is 10.1 Å². The molecule has 0 aliphatic rings. The number of primary amides is 1. The first-order chi connectivity index (χ1) is 11.1. The van der Waals surface area contributed by atoms with Crippen LogP contribution in [0.1, 0.15) is 5.56 Å². The molecule has 3 aromatic rings. The minimum absolute atomic E-state index is 0.0569. The van der Waals surface area contributed by atoms with Crippen LogP contribution in [0.4, 0.5) is 0 Å². The highest BCUT2D eigenvalue weighted by Crippen LogP contribution is 2.34. The molecule has 0 atom stereocenters. The fourth-order valence-corrected chi connectivity index (χ4v) is 2.82. The van der Waals surface area contributed by atoms with E-state index < -0.39 is 5.91 Å². The Labute approximate surface area is 134 Å². The summed E-state index contributed by atoms with van der Waals surface area (Å²) >= 11 is 0. The van der Waals surface area contributed by atoms with Crippen LogP contribution < -0.4 is 5.73 Å². The Hall–Kier alpha value is -3.32. The standard InChI is InChI=1S/C19H15N3O/c1-22-17-10-6-5-9-15(17)16(11-14(12-20)19(21)23)18(22)13-7-3-2-4-8-13/h2-11H,1H3,(H2,21,23)/b14-11+. The molecule has 0 radical (unpaired) electrons. The summed E-state index contributed by atoms with van der Waals surface area (Å²) in [6.07, 6.45) is 1.58. The maximum atomic E-state index is 11.5. The lowest BCUT2D eigenvalue weighted by Gasteiger charge is -2.06. The summed E-state index contributed by atoms with van der Waals surface area (Å²) in [5.74, 6) is -0.723. The second-order valence-corrected chi connectivity index (χ2v) is 5.24. The van der Waals surface area contributed by atoms with Crippen LogP contribution in [0.15, 0.2) is 60.2 Å². The first kappa shape index (κ1) is 14.6. The van der Waals surface area contributed by atoms with Gasteiger partial charge in [0.2, 0.25) is 0 Å². The molecule has 0 fully saturated rings. The summed E-state index contributed by atoms with van der Waals surface area (Å²) in [5, 5.41) is 10.1. The van der Waals surface area contributed by atoms with Crippen LogP contribution in [-0.2, 0) is 11.8 Å². The summed E-state index contributed by atoms with van der Waals surface area (Å²) in [4.78, 5) is 11.5. The summed E-state index contributed by atoms with van der Waals surface area (Å²) in [6.45, 7) is 0. The molecule has 0 bridgehead atoms. The van der Waals surface area contributed by atoms with Crippen molar-refractivity contribution in [1.29, 1.82) is 5.26 Å². The number of fused-ring (bicyclic) bond motifs is 1. The van der Waals surface area contributed by atoms with Crippen molar-refractivity contribution in [2.45, 2.75) is 0 Å². The minimum atomic E-state index is -0.723. The highest BCUT2D eigenvalue weighted by molar-refractivity contribution is 6.05. The fourth-order valence-electron chi connectivity index (χ4n) is 2.82.